The molecule has 1 rings (SSSR count). The molecule has 0 heterocycles. The lowest BCUT2D eigenvalue weighted by atomic mass is 9.86. The summed E-state index contributed by atoms with van der Waals surface area (Å²) in [4.78, 5) is 23.8. The summed E-state index contributed by atoms with van der Waals surface area (Å²) in [6.07, 6.45) is 15.8. The number of ketones is 1. The summed E-state index contributed by atoms with van der Waals surface area (Å²) >= 11 is 0. The lowest BCUT2D eigenvalue weighted by Crippen LogP contribution is -2.32. The van der Waals surface area contributed by atoms with E-state index in [1.54, 1.807) is 6.08 Å². The van der Waals surface area contributed by atoms with E-state index in [2.05, 4.69) is 26.6 Å². The summed E-state index contributed by atoms with van der Waals surface area (Å²) < 4.78 is 12.0. The fourth-order valence-corrected chi connectivity index (χ4v) is 6.58. The van der Waals surface area contributed by atoms with Crippen molar-refractivity contribution in [2.75, 3.05) is 0 Å². The molecular formula is C26H48O5Si2. The number of Topliss-reactive ketones (excluding diaryl/α,β-unsaturated/α-hetero) is 1. The molecule has 33 heavy (non-hydrogen) atoms. The van der Waals surface area contributed by atoms with Crippen LogP contribution in [0, 0.1) is 11.8 Å². The third kappa shape index (κ3) is 13.3. The van der Waals surface area contributed by atoms with E-state index in [0.717, 1.165) is 44.9 Å². The van der Waals surface area contributed by atoms with Crippen LogP contribution in [0.1, 0.15) is 71.1 Å². The van der Waals surface area contributed by atoms with E-state index >= 15 is 0 Å². The van der Waals surface area contributed by atoms with Crippen molar-refractivity contribution in [1.29, 1.82) is 0 Å². The lowest BCUT2D eigenvalue weighted by molar-refractivity contribution is -0.135. The summed E-state index contributed by atoms with van der Waals surface area (Å²) in [6.45, 7) is 14.9. The normalized spacial score (nSPS) is 21.1. The zero-order valence-corrected chi connectivity index (χ0v) is 24.1. The largest absolute Gasteiger partial charge is 0.539 e. The van der Waals surface area contributed by atoms with Gasteiger partial charge in [-0.25, -0.2) is 4.79 Å². The van der Waals surface area contributed by atoms with Gasteiger partial charge in [-0.15, -0.1) is 0 Å². The van der Waals surface area contributed by atoms with Crippen LogP contribution in [0.5, 0.6) is 0 Å². The maximum absolute atomic E-state index is 12.5. The van der Waals surface area contributed by atoms with Crippen LogP contribution in [-0.2, 0) is 18.4 Å². The molecule has 1 unspecified atom stereocenters. The molecule has 3 atom stereocenters. The van der Waals surface area contributed by atoms with Crippen molar-refractivity contribution in [2.45, 2.75) is 117 Å². The summed E-state index contributed by atoms with van der Waals surface area (Å²) in [7, 11) is -3.51. The molecule has 1 aliphatic carbocycles. The maximum atomic E-state index is 12.5. The Morgan fingerprint density at radius 2 is 1.76 bits per heavy atom. The second-order valence-electron chi connectivity index (χ2n) is 11.4. The number of carboxylic acids is 1. The quantitative estimate of drug-likeness (QED) is 0.105. The molecule has 0 aromatic carbocycles. The third-order valence-electron chi connectivity index (χ3n) is 5.90. The fourth-order valence-electron chi connectivity index (χ4n) is 4.53. The highest BCUT2D eigenvalue weighted by molar-refractivity contribution is 6.70. The van der Waals surface area contributed by atoms with E-state index in [-0.39, 0.29) is 11.7 Å². The average Bonchev–Trinajstić information content (AvgIpc) is 3.02. The lowest BCUT2D eigenvalue weighted by Gasteiger charge is -2.27. The highest BCUT2D eigenvalue weighted by Crippen LogP contribution is 2.36. The highest BCUT2D eigenvalue weighted by Gasteiger charge is 2.33. The van der Waals surface area contributed by atoms with Gasteiger partial charge in [0.2, 0.25) is 8.32 Å². The number of carbonyl (C=O) groups excluding carboxylic acids is 1. The van der Waals surface area contributed by atoms with Crippen LogP contribution >= 0.6 is 0 Å². The maximum Gasteiger partial charge on any atom is 0.369 e. The van der Waals surface area contributed by atoms with Crippen molar-refractivity contribution in [3.63, 3.8) is 0 Å². The van der Waals surface area contributed by atoms with Crippen molar-refractivity contribution >= 4 is 28.4 Å². The number of unbranched alkanes of at least 4 members (excludes halogenated alkanes) is 1. The molecule has 0 aromatic rings. The Labute approximate surface area is 204 Å². The van der Waals surface area contributed by atoms with Gasteiger partial charge in [0.25, 0.3) is 0 Å². The molecular weight excluding hydrogens is 448 g/mol. The second-order valence-corrected chi connectivity index (χ2v) is 20.2. The molecule has 0 amide bonds. The van der Waals surface area contributed by atoms with Crippen LogP contribution < -0.4 is 0 Å². The molecule has 0 spiro atoms. The first kappa shape index (κ1) is 29.8. The van der Waals surface area contributed by atoms with E-state index in [1.165, 1.54) is 18.9 Å². The molecule has 0 saturated heterocycles. The van der Waals surface area contributed by atoms with Crippen molar-refractivity contribution in [3.05, 3.63) is 24.0 Å². The number of rotatable bonds is 16. The Morgan fingerprint density at radius 1 is 1.09 bits per heavy atom. The zero-order valence-electron chi connectivity index (χ0n) is 22.1. The summed E-state index contributed by atoms with van der Waals surface area (Å²) in [5, 5.41) is 9.31. The van der Waals surface area contributed by atoms with Gasteiger partial charge in [-0.1, -0.05) is 38.3 Å². The number of hydrogen-bond acceptors (Lipinski definition) is 4. The Kier molecular flexibility index (Phi) is 12.9. The van der Waals surface area contributed by atoms with E-state index in [4.69, 9.17) is 8.85 Å². The average molecular weight is 497 g/mol. The smallest absolute Gasteiger partial charge is 0.369 e. The molecule has 0 radical (unpaired) electrons. The molecule has 1 aliphatic rings. The highest BCUT2D eigenvalue weighted by atomic mass is 28.4. The zero-order chi connectivity index (χ0) is 25.1. The number of carboxylic acid groups (broad SMARTS) is 1. The van der Waals surface area contributed by atoms with Gasteiger partial charge < -0.3 is 14.0 Å². The summed E-state index contributed by atoms with van der Waals surface area (Å²) in [5.41, 5.74) is 0. The number of hydrogen-bond donors (Lipinski definition) is 1. The van der Waals surface area contributed by atoms with E-state index in [0.29, 0.717) is 24.2 Å². The molecule has 190 valence electrons. The van der Waals surface area contributed by atoms with Crippen LogP contribution in [0.15, 0.2) is 24.0 Å². The molecule has 1 fully saturated rings. The third-order valence-corrected chi connectivity index (χ3v) is 7.77. The minimum atomic E-state index is -1.97. The standard InChI is InChI=1S/C26H48O5Si2/c1-8-9-15-22(30-32(2,3)4)16-13-14-21-19-20-24(27)23(21)17-11-10-12-18-25(26(28)29)31-33(5,6)7/h10,12,18,21-23H,8-9,11,13-17,19-20H2,1-7H3,(H,28,29)/t21-,22?,23+/m0/s1. The minimum Gasteiger partial charge on any atom is -0.539 e. The monoisotopic (exact) mass is 496 g/mol. The Morgan fingerprint density at radius 3 is 2.33 bits per heavy atom. The topological polar surface area (TPSA) is 72.8 Å². The van der Waals surface area contributed by atoms with Crippen LogP contribution in [0.4, 0.5) is 0 Å². The minimum absolute atomic E-state index is 0.00148. The van der Waals surface area contributed by atoms with Gasteiger partial charge in [0.1, 0.15) is 5.78 Å². The first-order chi connectivity index (χ1) is 15.3. The van der Waals surface area contributed by atoms with Crippen LogP contribution in [0.3, 0.4) is 0 Å². The Bertz CT molecular complexity index is 673. The summed E-state index contributed by atoms with van der Waals surface area (Å²) in [6, 6.07) is 0. The first-order valence-corrected chi connectivity index (χ1v) is 19.6. The molecule has 0 bridgehead atoms. The van der Waals surface area contributed by atoms with Crippen LogP contribution in [0.2, 0.25) is 39.3 Å². The van der Waals surface area contributed by atoms with Crippen molar-refractivity contribution in [3.8, 4) is 0 Å². The first-order valence-electron chi connectivity index (χ1n) is 12.8. The molecule has 0 aliphatic heterocycles. The molecule has 1 N–H and O–H groups in total. The van der Waals surface area contributed by atoms with Crippen molar-refractivity contribution in [2.24, 2.45) is 11.8 Å². The predicted molar refractivity (Wildman–Crippen MR) is 141 cm³/mol. The van der Waals surface area contributed by atoms with E-state index in [9.17, 15) is 14.7 Å². The predicted octanol–water partition coefficient (Wildman–Crippen LogP) is 7.32. The van der Waals surface area contributed by atoms with Gasteiger partial charge in [0.15, 0.2) is 14.1 Å². The molecule has 5 nitrogen and oxygen atoms in total. The molecule has 1 saturated carbocycles. The van der Waals surface area contributed by atoms with Gasteiger partial charge in [0, 0.05) is 18.4 Å². The van der Waals surface area contributed by atoms with Crippen LogP contribution in [0.25, 0.3) is 0 Å². The Balaban J connectivity index is 2.55. The molecule has 7 heteroatoms. The molecule has 0 aromatic heterocycles. The van der Waals surface area contributed by atoms with E-state index < -0.39 is 22.6 Å². The number of aliphatic carboxylic acids is 1. The Hall–Kier alpha value is -1.19. The number of allylic oxidation sites excluding steroid dienone is 3. The fraction of sp³-hybridized carbons (Fsp3) is 0.769. The van der Waals surface area contributed by atoms with Gasteiger partial charge in [-0.3, -0.25) is 4.79 Å². The van der Waals surface area contributed by atoms with Gasteiger partial charge in [-0.05, 0) is 89.8 Å². The van der Waals surface area contributed by atoms with Crippen molar-refractivity contribution in [1.82, 2.24) is 0 Å². The van der Waals surface area contributed by atoms with Gasteiger partial charge >= 0.3 is 5.97 Å². The van der Waals surface area contributed by atoms with Gasteiger partial charge in [-0.2, -0.15) is 0 Å². The van der Waals surface area contributed by atoms with Crippen molar-refractivity contribution < 1.29 is 23.5 Å². The van der Waals surface area contributed by atoms with Crippen LogP contribution in [-0.4, -0.2) is 39.6 Å². The van der Waals surface area contributed by atoms with Gasteiger partial charge in [0.05, 0.1) is 0 Å². The van der Waals surface area contributed by atoms with E-state index in [1.807, 2.05) is 25.7 Å². The number of carbonyl (C=O) groups is 2. The summed E-state index contributed by atoms with van der Waals surface area (Å²) in [5.74, 6) is -0.0206. The second kappa shape index (κ2) is 14.3. The SMILES string of the molecule is CCCCC(CCC[C@H]1CCC(=O)[C@@H]1CCC=CC=C(O[Si](C)(C)C)C(=O)O)O[Si](C)(C)C.